The molecule has 1 aromatic rings. The van der Waals surface area contributed by atoms with Crippen LogP contribution in [0.4, 0.5) is 14.5 Å². The van der Waals surface area contributed by atoms with Crippen LogP contribution in [0.5, 0.6) is 0 Å². The average Bonchev–Trinajstić information content (AvgIpc) is 2.36. The highest BCUT2D eigenvalue weighted by atomic mass is 19.3. The highest BCUT2D eigenvalue weighted by Crippen LogP contribution is 2.39. The smallest absolute Gasteiger partial charge is 0.326 e. The van der Waals surface area contributed by atoms with Crippen LogP contribution >= 0.6 is 0 Å². The van der Waals surface area contributed by atoms with Gasteiger partial charge < -0.3 is 10.0 Å². The van der Waals surface area contributed by atoms with Crippen molar-refractivity contribution in [2.45, 2.75) is 31.7 Å². The van der Waals surface area contributed by atoms with Crippen LogP contribution in [0.1, 0.15) is 24.8 Å². The second-order valence-electron chi connectivity index (χ2n) is 4.50. The monoisotopic (exact) mass is 255 g/mol. The van der Waals surface area contributed by atoms with Crippen LogP contribution in [-0.4, -0.2) is 30.1 Å². The Morgan fingerprint density at radius 2 is 2.11 bits per heavy atom. The van der Waals surface area contributed by atoms with Gasteiger partial charge in [-0.3, -0.25) is 0 Å². The zero-order valence-electron chi connectivity index (χ0n) is 10.0. The van der Waals surface area contributed by atoms with E-state index < -0.39 is 24.4 Å². The summed E-state index contributed by atoms with van der Waals surface area (Å²) in [6.07, 6.45) is -2.12. The number of hydrogen-bond acceptors (Lipinski definition) is 2. The second kappa shape index (κ2) is 4.92. The van der Waals surface area contributed by atoms with Gasteiger partial charge in [0.2, 0.25) is 6.43 Å². The molecule has 0 unspecified atom stereocenters. The van der Waals surface area contributed by atoms with Crippen LogP contribution in [0.25, 0.3) is 0 Å². The summed E-state index contributed by atoms with van der Waals surface area (Å²) in [6.45, 7) is 1.92. The van der Waals surface area contributed by atoms with Gasteiger partial charge in [0.15, 0.2) is 0 Å². The Morgan fingerprint density at radius 1 is 1.44 bits per heavy atom. The molecular weight excluding hydrogens is 240 g/mol. The van der Waals surface area contributed by atoms with Crippen molar-refractivity contribution in [1.82, 2.24) is 0 Å². The lowest BCUT2D eigenvalue weighted by Crippen LogP contribution is -2.43. The first kappa shape index (κ1) is 12.8. The molecular formula is C13H15F2NO2. The second-order valence-corrected chi connectivity index (χ2v) is 4.50. The number of hydrogen-bond donors (Lipinski definition) is 1. The summed E-state index contributed by atoms with van der Waals surface area (Å²) in [5, 5.41) is 9.05. The maximum Gasteiger partial charge on any atom is 0.326 e. The molecule has 0 radical (unpaired) electrons. The van der Waals surface area contributed by atoms with E-state index in [0.29, 0.717) is 17.8 Å². The lowest BCUT2D eigenvalue weighted by atomic mass is 9.89. The van der Waals surface area contributed by atoms with E-state index in [1.165, 1.54) is 0 Å². The molecule has 1 aliphatic rings. The molecule has 98 valence electrons. The van der Waals surface area contributed by atoms with Crippen molar-refractivity contribution in [3.8, 4) is 0 Å². The minimum atomic E-state index is -2.41. The van der Waals surface area contributed by atoms with Crippen LogP contribution in [-0.2, 0) is 4.79 Å². The number of anilines is 1. The number of nitrogens with zero attached hydrogens (tertiary/aromatic N) is 1. The van der Waals surface area contributed by atoms with Gasteiger partial charge in [0, 0.05) is 18.2 Å². The molecule has 2 atom stereocenters. The van der Waals surface area contributed by atoms with Crippen molar-refractivity contribution >= 4 is 11.7 Å². The number of carboxylic acids is 1. The lowest BCUT2D eigenvalue weighted by molar-refractivity contribution is -0.138. The number of rotatable bonds is 3. The van der Waals surface area contributed by atoms with E-state index in [9.17, 15) is 13.6 Å². The lowest BCUT2D eigenvalue weighted by Gasteiger charge is -2.37. The average molecular weight is 255 g/mol. The van der Waals surface area contributed by atoms with Gasteiger partial charge in [-0.15, -0.1) is 0 Å². The van der Waals surface area contributed by atoms with E-state index >= 15 is 0 Å². The molecule has 0 amide bonds. The minimum Gasteiger partial charge on any atom is -0.480 e. The molecule has 1 heterocycles. The van der Waals surface area contributed by atoms with Crippen LogP contribution in [0.3, 0.4) is 0 Å². The van der Waals surface area contributed by atoms with Crippen LogP contribution < -0.4 is 4.90 Å². The van der Waals surface area contributed by atoms with Crippen molar-refractivity contribution in [2.24, 2.45) is 0 Å². The number of halogens is 2. The third-order valence-electron chi connectivity index (χ3n) is 3.46. The van der Waals surface area contributed by atoms with E-state index in [1.807, 2.05) is 0 Å². The van der Waals surface area contributed by atoms with Crippen molar-refractivity contribution in [1.29, 1.82) is 0 Å². The van der Waals surface area contributed by atoms with Gasteiger partial charge in [-0.25, -0.2) is 13.6 Å². The molecule has 0 aromatic heterocycles. The summed E-state index contributed by atoms with van der Waals surface area (Å²) in [4.78, 5) is 12.7. The summed E-state index contributed by atoms with van der Waals surface area (Å²) in [5.74, 6) is -1.74. The van der Waals surface area contributed by atoms with Crippen molar-refractivity contribution in [3.05, 3.63) is 29.8 Å². The molecule has 18 heavy (non-hydrogen) atoms. The molecule has 1 aliphatic heterocycles. The van der Waals surface area contributed by atoms with E-state index in [4.69, 9.17) is 5.11 Å². The molecule has 0 fully saturated rings. The van der Waals surface area contributed by atoms with Gasteiger partial charge in [0.25, 0.3) is 0 Å². The van der Waals surface area contributed by atoms with Gasteiger partial charge in [0.1, 0.15) is 6.04 Å². The number of para-hydroxylation sites is 1. The van der Waals surface area contributed by atoms with Gasteiger partial charge in [-0.05, 0) is 25.0 Å². The summed E-state index contributed by atoms with van der Waals surface area (Å²) in [7, 11) is 0. The standard InChI is InChI=1S/C13H15F2NO2/c1-8(13(17)18)16-7-6-10(12(14)15)9-4-2-3-5-11(9)16/h2-5,8,10,12H,6-7H2,1H3,(H,17,18)/t8-,10-/m0/s1. The fourth-order valence-electron chi connectivity index (χ4n) is 2.41. The van der Waals surface area contributed by atoms with Crippen LogP contribution in [0.15, 0.2) is 24.3 Å². The maximum atomic E-state index is 13.0. The molecule has 2 rings (SSSR count). The first-order valence-electron chi connectivity index (χ1n) is 5.89. The summed E-state index contributed by atoms with van der Waals surface area (Å²) < 4.78 is 25.9. The van der Waals surface area contributed by atoms with E-state index in [-0.39, 0.29) is 6.42 Å². The molecule has 0 saturated heterocycles. The van der Waals surface area contributed by atoms with Gasteiger partial charge in [0.05, 0.1) is 0 Å². The third-order valence-corrected chi connectivity index (χ3v) is 3.46. The Hall–Kier alpha value is -1.65. The molecule has 5 heteroatoms. The van der Waals surface area contributed by atoms with E-state index in [0.717, 1.165) is 0 Å². The number of carbonyl (C=O) groups is 1. The largest absolute Gasteiger partial charge is 0.480 e. The Kier molecular flexibility index (Phi) is 3.50. The summed E-state index contributed by atoms with van der Waals surface area (Å²) in [5.41, 5.74) is 1.16. The molecule has 1 aromatic carbocycles. The summed E-state index contributed by atoms with van der Waals surface area (Å²) >= 11 is 0. The third kappa shape index (κ3) is 2.17. The molecule has 1 N–H and O–H groups in total. The van der Waals surface area contributed by atoms with Crippen molar-refractivity contribution in [3.63, 3.8) is 0 Å². The Labute approximate surface area is 104 Å². The Balaban J connectivity index is 2.39. The molecule has 0 aliphatic carbocycles. The predicted molar refractivity (Wildman–Crippen MR) is 64.2 cm³/mol. The van der Waals surface area contributed by atoms with E-state index in [1.54, 1.807) is 36.1 Å². The fraction of sp³-hybridized carbons (Fsp3) is 0.462. The molecule has 0 bridgehead atoms. The number of aliphatic carboxylic acids is 1. The fourth-order valence-corrected chi connectivity index (χ4v) is 2.41. The van der Waals surface area contributed by atoms with Crippen LogP contribution in [0.2, 0.25) is 0 Å². The van der Waals surface area contributed by atoms with Crippen molar-refractivity contribution < 1.29 is 18.7 Å². The highest BCUT2D eigenvalue weighted by Gasteiger charge is 2.34. The predicted octanol–water partition coefficient (Wildman–Crippen LogP) is 2.72. The minimum absolute atomic E-state index is 0.284. The molecule has 0 saturated carbocycles. The Morgan fingerprint density at radius 3 is 2.72 bits per heavy atom. The zero-order chi connectivity index (χ0) is 13.3. The highest BCUT2D eigenvalue weighted by molar-refractivity contribution is 5.78. The Bertz CT molecular complexity index is 450. The SMILES string of the molecule is C[C@@H](C(=O)O)N1CC[C@H](C(F)F)c2ccccc21. The van der Waals surface area contributed by atoms with Gasteiger partial charge in [-0.1, -0.05) is 18.2 Å². The zero-order valence-corrected chi connectivity index (χ0v) is 10.0. The normalized spacial score (nSPS) is 20.7. The topological polar surface area (TPSA) is 40.5 Å². The summed E-state index contributed by atoms with van der Waals surface area (Å²) in [6, 6.07) is 6.12. The number of benzene rings is 1. The first-order chi connectivity index (χ1) is 8.52. The first-order valence-corrected chi connectivity index (χ1v) is 5.89. The van der Waals surface area contributed by atoms with Gasteiger partial charge in [-0.2, -0.15) is 0 Å². The van der Waals surface area contributed by atoms with E-state index in [2.05, 4.69) is 0 Å². The molecule has 3 nitrogen and oxygen atoms in total. The number of fused-ring (bicyclic) bond motifs is 1. The van der Waals surface area contributed by atoms with Crippen molar-refractivity contribution in [2.75, 3.05) is 11.4 Å². The van der Waals surface area contributed by atoms with Gasteiger partial charge >= 0.3 is 5.97 Å². The number of carboxylic acid groups (broad SMARTS) is 1. The quantitative estimate of drug-likeness (QED) is 0.902. The number of alkyl halides is 2. The maximum absolute atomic E-state index is 13.0. The molecule has 0 spiro atoms. The van der Waals surface area contributed by atoms with Crippen LogP contribution in [0, 0.1) is 0 Å².